The number of anilines is 2. The second-order valence-corrected chi connectivity index (χ2v) is 11.0. The number of fused-ring (bicyclic) bond motifs is 1. The molecule has 4 aromatic rings. The number of hydrogen-bond donors (Lipinski definition) is 1. The fourth-order valence-corrected chi connectivity index (χ4v) is 6.20. The number of methoxy groups -OCH3 is 1. The van der Waals surface area contributed by atoms with Crippen LogP contribution in [-0.4, -0.2) is 24.5 Å². The van der Waals surface area contributed by atoms with E-state index >= 15 is 0 Å². The molecular weight excluding hydrogens is 484 g/mol. The van der Waals surface area contributed by atoms with Crippen molar-refractivity contribution in [1.29, 1.82) is 0 Å². The zero-order chi connectivity index (χ0) is 27.8. The lowest BCUT2D eigenvalue weighted by Crippen LogP contribution is -2.55. The summed E-state index contributed by atoms with van der Waals surface area (Å²) in [6, 6.07) is 31.5. The van der Waals surface area contributed by atoms with Crippen LogP contribution < -0.4 is 15.0 Å². The molecule has 0 aliphatic carbocycles. The van der Waals surface area contributed by atoms with Gasteiger partial charge in [0.1, 0.15) is 5.75 Å². The highest BCUT2D eigenvalue weighted by atomic mass is 16.5. The van der Waals surface area contributed by atoms with Gasteiger partial charge in [-0.05, 0) is 73.4 Å². The normalized spacial score (nSPS) is 17.7. The molecule has 39 heavy (non-hydrogen) atoms. The molecule has 2 amide bonds. The van der Waals surface area contributed by atoms with Crippen LogP contribution in [0.15, 0.2) is 97.1 Å². The van der Waals surface area contributed by atoms with E-state index in [0.29, 0.717) is 17.7 Å². The molecule has 0 saturated heterocycles. The SMILES string of the molecule is COc1ccccc1C1(C)CC(C)(C)N(C(C)=O)c2ccc(NC(=O)c3ccc(-c4ccccc4)cc3)cc21. The topological polar surface area (TPSA) is 58.6 Å². The predicted molar refractivity (Wildman–Crippen MR) is 158 cm³/mol. The molecule has 198 valence electrons. The first-order valence-electron chi connectivity index (χ1n) is 13.2. The second kappa shape index (κ2) is 10.1. The highest BCUT2D eigenvalue weighted by Gasteiger charge is 2.48. The Bertz CT molecular complexity index is 1530. The molecule has 5 rings (SSSR count). The maximum atomic E-state index is 13.2. The number of nitrogens with zero attached hydrogens (tertiary/aromatic N) is 1. The van der Waals surface area contributed by atoms with E-state index in [1.165, 1.54) is 0 Å². The molecule has 0 spiro atoms. The van der Waals surface area contributed by atoms with Crippen LogP contribution >= 0.6 is 0 Å². The van der Waals surface area contributed by atoms with Crippen LogP contribution in [0.5, 0.6) is 5.75 Å². The molecule has 0 bridgehead atoms. The van der Waals surface area contributed by atoms with E-state index in [4.69, 9.17) is 4.74 Å². The monoisotopic (exact) mass is 518 g/mol. The molecule has 4 aromatic carbocycles. The number of ether oxygens (including phenoxy) is 1. The van der Waals surface area contributed by atoms with Gasteiger partial charge >= 0.3 is 0 Å². The Morgan fingerprint density at radius 1 is 0.795 bits per heavy atom. The van der Waals surface area contributed by atoms with Crippen molar-refractivity contribution in [3.05, 3.63) is 114 Å². The zero-order valence-corrected chi connectivity index (χ0v) is 23.1. The van der Waals surface area contributed by atoms with Gasteiger partial charge in [0.15, 0.2) is 0 Å². The molecule has 1 unspecified atom stereocenters. The van der Waals surface area contributed by atoms with Gasteiger partial charge in [-0.3, -0.25) is 9.59 Å². The van der Waals surface area contributed by atoms with Crippen LogP contribution in [0.25, 0.3) is 11.1 Å². The molecular formula is C34H34N2O3. The molecule has 0 saturated carbocycles. The van der Waals surface area contributed by atoms with Crippen molar-refractivity contribution < 1.29 is 14.3 Å². The van der Waals surface area contributed by atoms with Crippen molar-refractivity contribution in [2.24, 2.45) is 0 Å². The molecule has 1 heterocycles. The van der Waals surface area contributed by atoms with Crippen LogP contribution in [0.1, 0.15) is 55.6 Å². The predicted octanol–water partition coefficient (Wildman–Crippen LogP) is 7.46. The van der Waals surface area contributed by atoms with Crippen LogP contribution in [0, 0.1) is 0 Å². The largest absolute Gasteiger partial charge is 0.496 e. The van der Waals surface area contributed by atoms with E-state index in [0.717, 1.165) is 33.7 Å². The summed E-state index contributed by atoms with van der Waals surface area (Å²) in [7, 11) is 1.68. The minimum atomic E-state index is -0.463. The summed E-state index contributed by atoms with van der Waals surface area (Å²) in [4.78, 5) is 28.0. The summed E-state index contributed by atoms with van der Waals surface area (Å²) in [6.45, 7) is 7.99. The lowest BCUT2D eigenvalue weighted by atomic mass is 9.65. The number of carbonyl (C=O) groups is 2. The van der Waals surface area contributed by atoms with Crippen molar-refractivity contribution in [3.63, 3.8) is 0 Å². The lowest BCUT2D eigenvalue weighted by Gasteiger charge is -2.51. The third kappa shape index (κ3) is 4.81. The van der Waals surface area contributed by atoms with Crippen LogP contribution in [0.3, 0.4) is 0 Å². The number of hydrogen-bond acceptors (Lipinski definition) is 3. The third-order valence-electron chi connectivity index (χ3n) is 7.75. The number of amides is 2. The summed E-state index contributed by atoms with van der Waals surface area (Å²) in [5.74, 6) is 0.595. The molecule has 5 heteroatoms. The van der Waals surface area contributed by atoms with Crippen molar-refractivity contribution in [1.82, 2.24) is 0 Å². The van der Waals surface area contributed by atoms with Crippen molar-refractivity contribution in [3.8, 4) is 16.9 Å². The Labute approximate surface area is 230 Å². The Morgan fingerprint density at radius 3 is 2.10 bits per heavy atom. The van der Waals surface area contributed by atoms with E-state index in [1.54, 1.807) is 14.0 Å². The van der Waals surface area contributed by atoms with Gasteiger partial charge < -0.3 is 15.0 Å². The summed E-state index contributed by atoms with van der Waals surface area (Å²) >= 11 is 0. The van der Waals surface area contributed by atoms with Crippen LogP contribution in [0.2, 0.25) is 0 Å². The maximum absolute atomic E-state index is 13.2. The number of carbonyl (C=O) groups excluding carboxylic acids is 2. The minimum Gasteiger partial charge on any atom is -0.496 e. The number of para-hydroxylation sites is 1. The zero-order valence-electron chi connectivity index (χ0n) is 23.1. The van der Waals surface area contributed by atoms with Crippen LogP contribution in [0.4, 0.5) is 11.4 Å². The van der Waals surface area contributed by atoms with Crippen LogP contribution in [-0.2, 0) is 10.2 Å². The number of rotatable bonds is 5. The van der Waals surface area contributed by atoms with E-state index in [-0.39, 0.29) is 11.8 Å². The average Bonchev–Trinajstić information content (AvgIpc) is 2.93. The highest BCUT2D eigenvalue weighted by Crippen LogP contribution is 2.53. The molecule has 5 nitrogen and oxygen atoms in total. The van der Waals surface area contributed by atoms with Gasteiger partial charge in [-0.15, -0.1) is 0 Å². The number of benzene rings is 4. The first-order chi connectivity index (χ1) is 18.6. The summed E-state index contributed by atoms with van der Waals surface area (Å²) in [5.41, 5.74) is 5.38. The lowest BCUT2D eigenvalue weighted by molar-refractivity contribution is -0.117. The van der Waals surface area contributed by atoms with E-state index in [1.807, 2.05) is 95.9 Å². The fourth-order valence-electron chi connectivity index (χ4n) is 6.20. The molecule has 1 atom stereocenters. The summed E-state index contributed by atoms with van der Waals surface area (Å²) in [5, 5.41) is 3.08. The smallest absolute Gasteiger partial charge is 0.255 e. The minimum absolute atomic E-state index is 0.0152. The van der Waals surface area contributed by atoms with Crippen molar-refractivity contribution in [2.45, 2.75) is 45.1 Å². The summed E-state index contributed by atoms with van der Waals surface area (Å²) < 4.78 is 5.77. The average molecular weight is 519 g/mol. The summed E-state index contributed by atoms with van der Waals surface area (Å²) in [6.07, 6.45) is 0.686. The van der Waals surface area contributed by atoms with Gasteiger partial charge in [-0.1, -0.05) is 67.6 Å². The van der Waals surface area contributed by atoms with E-state index in [9.17, 15) is 9.59 Å². The standard InChI is InChI=1S/C34H34N2O3/c1-23(37)36-30-20-19-27(35-32(38)26-17-15-25(16-18-26)24-11-7-6-8-12-24)21-29(30)34(4,22-33(36,2)3)28-13-9-10-14-31(28)39-5/h6-21H,22H2,1-5H3,(H,35,38). The van der Waals surface area contributed by atoms with Crippen molar-refractivity contribution >= 4 is 23.2 Å². The Morgan fingerprint density at radius 2 is 1.44 bits per heavy atom. The molecule has 0 aromatic heterocycles. The van der Waals surface area contributed by atoms with E-state index in [2.05, 4.69) is 32.2 Å². The van der Waals surface area contributed by atoms with Gasteiger partial charge in [0.2, 0.25) is 5.91 Å². The molecule has 1 aliphatic rings. The third-order valence-corrected chi connectivity index (χ3v) is 7.75. The van der Waals surface area contributed by atoms with Gasteiger partial charge in [0, 0.05) is 40.4 Å². The first kappa shape index (κ1) is 26.2. The molecule has 0 radical (unpaired) electrons. The van der Waals surface area contributed by atoms with Gasteiger partial charge in [0.25, 0.3) is 5.91 Å². The molecule has 0 fully saturated rings. The Kier molecular flexibility index (Phi) is 6.77. The fraction of sp³-hybridized carbons (Fsp3) is 0.235. The maximum Gasteiger partial charge on any atom is 0.255 e. The number of nitrogens with one attached hydrogen (secondary N) is 1. The second-order valence-electron chi connectivity index (χ2n) is 11.0. The highest BCUT2D eigenvalue weighted by molar-refractivity contribution is 6.05. The molecule has 1 N–H and O–H groups in total. The first-order valence-corrected chi connectivity index (χ1v) is 13.2. The Balaban J connectivity index is 1.53. The van der Waals surface area contributed by atoms with Crippen molar-refractivity contribution in [2.75, 3.05) is 17.3 Å². The van der Waals surface area contributed by atoms with Gasteiger partial charge in [-0.2, -0.15) is 0 Å². The van der Waals surface area contributed by atoms with E-state index < -0.39 is 11.0 Å². The van der Waals surface area contributed by atoms with Gasteiger partial charge in [0.05, 0.1) is 7.11 Å². The Hall–Kier alpha value is -4.38. The quantitative estimate of drug-likeness (QED) is 0.298. The van der Waals surface area contributed by atoms with Gasteiger partial charge in [-0.25, -0.2) is 0 Å². The molecule has 1 aliphatic heterocycles.